The molecule has 0 amide bonds. The molecule has 0 bridgehead atoms. The van der Waals surface area contributed by atoms with Crippen LogP contribution in [0.4, 0.5) is 0 Å². The lowest BCUT2D eigenvalue weighted by Gasteiger charge is -1.96. The van der Waals surface area contributed by atoms with E-state index in [9.17, 15) is 0 Å². The molecule has 0 aliphatic heterocycles. The Bertz CT molecular complexity index is 429. The van der Waals surface area contributed by atoms with E-state index in [1.807, 2.05) is 17.8 Å². The highest BCUT2D eigenvalue weighted by Crippen LogP contribution is 2.13. The summed E-state index contributed by atoms with van der Waals surface area (Å²) in [6, 6.07) is 0. The summed E-state index contributed by atoms with van der Waals surface area (Å²) in [5.41, 5.74) is 7.23. The molecular weight excluding hydrogens is 192 g/mol. The fourth-order valence-corrected chi connectivity index (χ4v) is 1.38. The zero-order valence-corrected chi connectivity index (χ0v) is 8.67. The van der Waals surface area contributed by atoms with Crippen molar-refractivity contribution >= 4 is 0 Å². The van der Waals surface area contributed by atoms with Gasteiger partial charge in [0.15, 0.2) is 0 Å². The molecule has 0 saturated heterocycles. The standard InChI is InChI=1S/C9H14N6/c1-14-7-11-5-9(14)8-6-15(13-12-8)4-2-3-10/h5-7H,2-4,10H2,1H3. The Kier molecular flexibility index (Phi) is 2.77. The Labute approximate surface area is 87.7 Å². The number of hydrogen-bond donors (Lipinski definition) is 1. The highest BCUT2D eigenvalue weighted by molar-refractivity contribution is 5.51. The van der Waals surface area contributed by atoms with Crippen molar-refractivity contribution in [2.75, 3.05) is 6.54 Å². The summed E-state index contributed by atoms with van der Waals surface area (Å²) in [5, 5.41) is 8.10. The van der Waals surface area contributed by atoms with E-state index in [2.05, 4.69) is 15.3 Å². The predicted molar refractivity (Wildman–Crippen MR) is 55.9 cm³/mol. The normalized spacial score (nSPS) is 10.8. The van der Waals surface area contributed by atoms with Crippen molar-refractivity contribution in [3.05, 3.63) is 18.7 Å². The summed E-state index contributed by atoms with van der Waals surface area (Å²) in [5.74, 6) is 0. The van der Waals surface area contributed by atoms with Crippen molar-refractivity contribution in [2.24, 2.45) is 12.8 Å². The molecule has 0 radical (unpaired) electrons. The van der Waals surface area contributed by atoms with Gasteiger partial charge in [0.25, 0.3) is 0 Å². The second-order valence-electron chi connectivity index (χ2n) is 3.40. The lowest BCUT2D eigenvalue weighted by molar-refractivity contribution is 0.564. The second-order valence-corrected chi connectivity index (χ2v) is 3.40. The molecule has 2 aromatic heterocycles. The number of nitrogens with zero attached hydrogens (tertiary/aromatic N) is 5. The van der Waals surface area contributed by atoms with Gasteiger partial charge in [0.2, 0.25) is 0 Å². The summed E-state index contributed by atoms with van der Waals surface area (Å²) in [7, 11) is 1.93. The van der Waals surface area contributed by atoms with Gasteiger partial charge < -0.3 is 10.3 Å². The molecule has 0 spiro atoms. The first-order chi connectivity index (χ1) is 7.31. The maximum Gasteiger partial charge on any atom is 0.131 e. The van der Waals surface area contributed by atoms with Gasteiger partial charge >= 0.3 is 0 Å². The monoisotopic (exact) mass is 206 g/mol. The molecule has 6 nitrogen and oxygen atoms in total. The molecule has 2 heterocycles. The molecule has 2 rings (SSSR count). The molecule has 0 aliphatic rings. The van der Waals surface area contributed by atoms with E-state index >= 15 is 0 Å². The second kappa shape index (κ2) is 4.22. The molecule has 0 aliphatic carbocycles. The molecule has 0 aromatic carbocycles. The summed E-state index contributed by atoms with van der Waals surface area (Å²) < 4.78 is 3.71. The van der Waals surface area contributed by atoms with Gasteiger partial charge in [-0.3, -0.25) is 4.68 Å². The SMILES string of the molecule is Cn1cncc1-c1cn(CCCN)nn1. The van der Waals surface area contributed by atoms with Gasteiger partial charge in [0.05, 0.1) is 24.4 Å². The van der Waals surface area contributed by atoms with Crippen molar-refractivity contribution in [2.45, 2.75) is 13.0 Å². The summed E-state index contributed by atoms with van der Waals surface area (Å²) >= 11 is 0. The van der Waals surface area contributed by atoms with Crippen LogP contribution in [0.15, 0.2) is 18.7 Å². The number of aromatic nitrogens is 5. The minimum absolute atomic E-state index is 0.668. The third-order valence-electron chi connectivity index (χ3n) is 2.21. The topological polar surface area (TPSA) is 74.5 Å². The van der Waals surface area contributed by atoms with Gasteiger partial charge in [-0.15, -0.1) is 5.10 Å². The molecule has 2 aromatic rings. The Hall–Kier alpha value is -1.69. The molecule has 0 fully saturated rings. The maximum atomic E-state index is 5.43. The fourth-order valence-electron chi connectivity index (χ4n) is 1.38. The number of aryl methyl sites for hydroxylation is 2. The Morgan fingerprint density at radius 3 is 3.00 bits per heavy atom. The molecule has 0 atom stereocenters. The Balaban J connectivity index is 2.17. The van der Waals surface area contributed by atoms with E-state index < -0.39 is 0 Å². The predicted octanol–water partition coefficient (Wildman–Crippen LogP) is 0.0274. The van der Waals surface area contributed by atoms with Crippen LogP contribution in [-0.2, 0) is 13.6 Å². The Morgan fingerprint density at radius 1 is 1.47 bits per heavy atom. The quantitative estimate of drug-likeness (QED) is 0.765. The molecule has 0 unspecified atom stereocenters. The van der Waals surface area contributed by atoms with Crippen LogP contribution in [0.2, 0.25) is 0 Å². The first-order valence-corrected chi connectivity index (χ1v) is 4.88. The van der Waals surface area contributed by atoms with Crippen LogP contribution < -0.4 is 5.73 Å². The first-order valence-electron chi connectivity index (χ1n) is 4.88. The number of nitrogens with two attached hydrogens (primary N) is 1. The van der Waals surface area contributed by atoms with E-state index in [-0.39, 0.29) is 0 Å². The van der Waals surface area contributed by atoms with Crippen molar-refractivity contribution in [1.29, 1.82) is 0 Å². The van der Waals surface area contributed by atoms with Gasteiger partial charge in [-0.25, -0.2) is 4.98 Å². The van der Waals surface area contributed by atoms with Crippen LogP contribution in [0.1, 0.15) is 6.42 Å². The van der Waals surface area contributed by atoms with E-state index in [0.29, 0.717) is 6.54 Å². The molecule has 0 saturated carbocycles. The highest BCUT2D eigenvalue weighted by atomic mass is 15.4. The molecule has 80 valence electrons. The van der Waals surface area contributed by atoms with E-state index in [0.717, 1.165) is 24.4 Å². The third-order valence-corrected chi connectivity index (χ3v) is 2.21. The van der Waals surface area contributed by atoms with Gasteiger partial charge in [-0.1, -0.05) is 5.21 Å². The van der Waals surface area contributed by atoms with Gasteiger partial charge in [0, 0.05) is 13.6 Å². The molecule has 15 heavy (non-hydrogen) atoms. The zero-order chi connectivity index (χ0) is 10.7. The zero-order valence-electron chi connectivity index (χ0n) is 8.67. The number of imidazole rings is 1. The number of hydrogen-bond acceptors (Lipinski definition) is 4. The maximum absolute atomic E-state index is 5.43. The van der Waals surface area contributed by atoms with Crippen molar-refractivity contribution in [3.63, 3.8) is 0 Å². The van der Waals surface area contributed by atoms with Crippen molar-refractivity contribution < 1.29 is 0 Å². The molecule has 6 heteroatoms. The van der Waals surface area contributed by atoms with Crippen molar-refractivity contribution in [1.82, 2.24) is 24.5 Å². The van der Waals surface area contributed by atoms with Gasteiger partial charge in [-0.2, -0.15) is 0 Å². The summed E-state index contributed by atoms with van der Waals surface area (Å²) in [4.78, 5) is 4.04. The minimum Gasteiger partial charge on any atom is -0.332 e. The van der Waals surface area contributed by atoms with Gasteiger partial charge in [0.1, 0.15) is 5.69 Å². The molecule has 2 N–H and O–H groups in total. The van der Waals surface area contributed by atoms with E-state index in [4.69, 9.17) is 5.73 Å². The lowest BCUT2D eigenvalue weighted by atomic mass is 10.3. The van der Waals surface area contributed by atoms with Crippen LogP contribution in [0.25, 0.3) is 11.4 Å². The van der Waals surface area contributed by atoms with E-state index in [1.54, 1.807) is 17.2 Å². The van der Waals surface area contributed by atoms with Gasteiger partial charge in [-0.05, 0) is 13.0 Å². The van der Waals surface area contributed by atoms with Crippen LogP contribution in [-0.4, -0.2) is 31.1 Å². The summed E-state index contributed by atoms with van der Waals surface area (Å²) in [6.45, 7) is 1.47. The fraction of sp³-hybridized carbons (Fsp3) is 0.444. The average Bonchev–Trinajstić information content (AvgIpc) is 2.83. The Morgan fingerprint density at radius 2 is 2.33 bits per heavy atom. The summed E-state index contributed by atoms with van der Waals surface area (Å²) in [6.07, 6.45) is 6.34. The third kappa shape index (κ3) is 2.04. The van der Waals surface area contributed by atoms with E-state index in [1.165, 1.54) is 0 Å². The average molecular weight is 206 g/mol. The van der Waals surface area contributed by atoms with Crippen LogP contribution in [0, 0.1) is 0 Å². The first kappa shape index (κ1) is 9.85. The van der Waals surface area contributed by atoms with Crippen LogP contribution >= 0.6 is 0 Å². The molecular formula is C9H14N6. The largest absolute Gasteiger partial charge is 0.332 e. The number of rotatable bonds is 4. The minimum atomic E-state index is 0.668. The van der Waals surface area contributed by atoms with Crippen molar-refractivity contribution in [3.8, 4) is 11.4 Å². The van der Waals surface area contributed by atoms with Crippen LogP contribution in [0.3, 0.4) is 0 Å². The lowest BCUT2D eigenvalue weighted by Crippen LogP contribution is -2.06. The highest BCUT2D eigenvalue weighted by Gasteiger charge is 2.06. The smallest absolute Gasteiger partial charge is 0.131 e. The van der Waals surface area contributed by atoms with Crippen LogP contribution in [0.5, 0.6) is 0 Å².